The van der Waals surface area contributed by atoms with Crippen molar-refractivity contribution in [3.63, 3.8) is 0 Å². The van der Waals surface area contributed by atoms with Crippen molar-refractivity contribution in [2.45, 2.75) is 44.1 Å². The van der Waals surface area contributed by atoms with Crippen molar-refractivity contribution in [3.05, 3.63) is 34.7 Å². The zero-order chi connectivity index (χ0) is 20.3. The van der Waals surface area contributed by atoms with Crippen LogP contribution in [-0.4, -0.2) is 18.5 Å². The van der Waals surface area contributed by atoms with Gasteiger partial charge in [0.2, 0.25) is 0 Å². The van der Waals surface area contributed by atoms with E-state index in [1.54, 1.807) is 18.2 Å². The highest BCUT2D eigenvalue weighted by atomic mass is 32.2. The van der Waals surface area contributed by atoms with E-state index in [9.17, 15) is 26.3 Å². The molecule has 1 aromatic heterocycles. The van der Waals surface area contributed by atoms with Crippen molar-refractivity contribution < 1.29 is 39.3 Å². The number of hydrogen-bond acceptors (Lipinski definition) is 3. The fourth-order valence-corrected chi connectivity index (χ4v) is 4.24. The molecule has 0 bridgehead atoms. The standard InChI is InChI=1S/C14H16F3S.CHF3O3S/c1-3-4-7-11-9-12-10(2)6-5-8-13(12)18(11)14(15,16)17;2-1(3,4)8(5,6)7/h5-6,8-9H,3-4,7H2,1-2H3;(H,5,6,7)/q+1;/p-1. The Morgan fingerprint density at radius 1 is 1.12 bits per heavy atom. The number of alkyl halides is 6. The lowest BCUT2D eigenvalue weighted by Gasteiger charge is -2.08. The maximum atomic E-state index is 13.2. The first-order chi connectivity index (χ1) is 11.7. The molecule has 2 rings (SSSR count). The number of aryl methyl sites for hydroxylation is 2. The van der Waals surface area contributed by atoms with Crippen LogP contribution in [-0.2, 0) is 22.0 Å². The highest BCUT2D eigenvalue weighted by molar-refractivity contribution is 7.86. The van der Waals surface area contributed by atoms with Crippen molar-refractivity contribution in [1.29, 1.82) is 0 Å². The Balaban J connectivity index is 0.000000359. The molecule has 0 fully saturated rings. The normalized spacial score (nSPS) is 13.5. The SMILES string of the molecule is CCCCc1cc2c(C)cccc2[s+]1C(F)(F)F.O=S(=O)([O-])C(F)(F)F. The zero-order valence-electron chi connectivity index (χ0n) is 13.7. The third kappa shape index (κ3) is 5.58. The molecular weight excluding hydrogens is 406 g/mol. The highest BCUT2D eigenvalue weighted by Crippen LogP contribution is 2.51. The quantitative estimate of drug-likeness (QED) is 0.273. The predicted octanol–water partition coefficient (Wildman–Crippen LogP) is 5.77. The Morgan fingerprint density at radius 2 is 1.65 bits per heavy atom. The molecule has 0 radical (unpaired) electrons. The summed E-state index contributed by atoms with van der Waals surface area (Å²) in [4.78, 5) is 0.550. The second-order valence-corrected chi connectivity index (χ2v) is 8.76. The number of halogens is 6. The molecule has 0 saturated carbocycles. The van der Waals surface area contributed by atoms with Gasteiger partial charge in [0.15, 0.2) is 19.7 Å². The minimum atomic E-state index is -6.09. The van der Waals surface area contributed by atoms with E-state index < -0.39 is 31.6 Å². The van der Waals surface area contributed by atoms with Crippen LogP contribution in [0.2, 0.25) is 0 Å². The lowest BCUT2D eigenvalue weighted by atomic mass is 10.1. The number of benzene rings is 1. The van der Waals surface area contributed by atoms with Gasteiger partial charge in [-0.05, 0) is 25.0 Å². The number of thiophene rings is 1. The summed E-state index contributed by atoms with van der Waals surface area (Å²) in [6.45, 7) is 3.87. The van der Waals surface area contributed by atoms with Gasteiger partial charge in [0.1, 0.15) is 0 Å². The van der Waals surface area contributed by atoms with Gasteiger partial charge in [-0.25, -0.2) is 8.42 Å². The van der Waals surface area contributed by atoms with E-state index in [1.165, 1.54) is 0 Å². The summed E-state index contributed by atoms with van der Waals surface area (Å²) in [5.74, 6) is 0. The molecular formula is C15H16F6O3S2. The van der Waals surface area contributed by atoms with E-state index in [2.05, 4.69) is 0 Å². The van der Waals surface area contributed by atoms with Crippen molar-refractivity contribution >= 4 is 30.7 Å². The average Bonchev–Trinajstić information content (AvgIpc) is 2.83. The molecule has 148 valence electrons. The maximum absolute atomic E-state index is 13.2. The summed E-state index contributed by atoms with van der Waals surface area (Å²) >= 11 is 0. The smallest absolute Gasteiger partial charge is 0.600 e. The maximum Gasteiger partial charge on any atom is 0.600 e. The van der Waals surface area contributed by atoms with Crippen LogP contribution in [0.4, 0.5) is 26.3 Å². The van der Waals surface area contributed by atoms with Gasteiger partial charge in [-0.1, -0.05) is 25.5 Å². The largest absolute Gasteiger partial charge is 0.741 e. The Morgan fingerprint density at radius 3 is 2.08 bits per heavy atom. The fraction of sp³-hybridized carbons (Fsp3) is 0.467. The summed E-state index contributed by atoms with van der Waals surface area (Å²) < 4.78 is 99.0. The van der Waals surface area contributed by atoms with Gasteiger partial charge in [-0.3, -0.25) is 0 Å². The summed E-state index contributed by atoms with van der Waals surface area (Å²) in [6.07, 6.45) is 2.29. The molecule has 1 aromatic carbocycles. The predicted molar refractivity (Wildman–Crippen MR) is 86.8 cm³/mol. The monoisotopic (exact) mass is 422 g/mol. The molecule has 0 N–H and O–H groups in total. The number of hydrogen-bond donors (Lipinski definition) is 0. The van der Waals surface area contributed by atoms with Crippen LogP contribution in [0.15, 0.2) is 24.3 Å². The Hall–Kier alpha value is -1.33. The van der Waals surface area contributed by atoms with E-state index in [-0.39, 0.29) is 0 Å². The van der Waals surface area contributed by atoms with Gasteiger partial charge in [-0.15, -0.1) is 13.2 Å². The third-order valence-electron chi connectivity index (χ3n) is 3.36. The van der Waals surface area contributed by atoms with Crippen LogP contribution in [0.25, 0.3) is 10.1 Å². The van der Waals surface area contributed by atoms with E-state index in [1.807, 2.05) is 19.9 Å². The first kappa shape index (κ1) is 22.7. The lowest BCUT2D eigenvalue weighted by Crippen LogP contribution is -2.21. The van der Waals surface area contributed by atoms with Crippen LogP contribution >= 0.6 is 10.5 Å². The summed E-state index contributed by atoms with van der Waals surface area (Å²) in [5, 5.41) is 0.782. The zero-order valence-corrected chi connectivity index (χ0v) is 15.4. The van der Waals surface area contributed by atoms with Crippen LogP contribution in [0.3, 0.4) is 0 Å². The second kappa shape index (κ2) is 8.13. The minimum absolute atomic E-state index is 0.452. The van der Waals surface area contributed by atoms with Gasteiger partial charge in [0, 0.05) is 17.9 Å². The molecule has 11 heteroatoms. The van der Waals surface area contributed by atoms with Crippen LogP contribution < -0.4 is 0 Å². The fourth-order valence-electron chi connectivity index (χ4n) is 2.18. The Kier molecular flexibility index (Phi) is 7.11. The number of unbranched alkanes of at least 4 members (excludes halogenated alkanes) is 1. The summed E-state index contributed by atoms with van der Waals surface area (Å²) in [5.41, 5.74) is -8.87. The van der Waals surface area contributed by atoms with E-state index in [4.69, 9.17) is 13.0 Å². The van der Waals surface area contributed by atoms with Crippen molar-refractivity contribution in [2.24, 2.45) is 0 Å². The van der Waals surface area contributed by atoms with Crippen molar-refractivity contribution in [3.8, 4) is 0 Å². The molecule has 0 aliphatic heterocycles. The average molecular weight is 422 g/mol. The number of rotatable bonds is 3. The molecule has 0 saturated heterocycles. The van der Waals surface area contributed by atoms with Gasteiger partial charge < -0.3 is 4.55 Å². The van der Waals surface area contributed by atoms with Crippen LogP contribution in [0.1, 0.15) is 30.2 Å². The first-order valence-electron chi connectivity index (χ1n) is 7.33. The summed E-state index contributed by atoms with van der Waals surface area (Å²) in [7, 11) is -7.80. The van der Waals surface area contributed by atoms with E-state index in [0.29, 0.717) is 16.0 Å². The first-order valence-corrected chi connectivity index (χ1v) is 9.97. The topological polar surface area (TPSA) is 57.2 Å². The lowest BCUT2D eigenvalue weighted by molar-refractivity contribution is -0.0867. The molecule has 1 heterocycles. The Labute approximate surface area is 149 Å². The van der Waals surface area contributed by atoms with E-state index >= 15 is 0 Å². The molecule has 2 aromatic rings. The highest BCUT2D eigenvalue weighted by Gasteiger charge is 2.47. The van der Waals surface area contributed by atoms with Crippen LogP contribution in [0.5, 0.6) is 0 Å². The molecule has 26 heavy (non-hydrogen) atoms. The molecule has 0 aliphatic carbocycles. The third-order valence-corrected chi connectivity index (χ3v) is 6.04. The van der Waals surface area contributed by atoms with Crippen LogP contribution in [0, 0.1) is 6.92 Å². The van der Waals surface area contributed by atoms with Gasteiger partial charge in [0.05, 0.1) is 10.5 Å². The molecule has 1 atom stereocenters. The molecule has 3 nitrogen and oxygen atoms in total. The molecule has 0 aliphatic rings. The molecule has 1 unspecified atom stereocenters. The van der Waals surface area contributed by atoms with Crippen molar-refractivity contribution in [2.75, 3.05) is 0 Å². The van der Waals surface area contributed by atoms with Gasteiger partial charge in [0.25, 0.3) is 0 Å². The van der Waals surface area contributed by atoms with Gasteiger partial charge >= 0.3 is 11.0 Å². The second-order valence-electron chi connectivity index (χ2n) is 5.35. The molecule has 0 amide bonds. The van der Waals surface area contributed by atoms with E-state index in [0.717, 1.165) is 23.8 Å². The van der Waals surface area contributed by atoms with Gasteiger partial charge in [-0.2, -0.15) is 13.2 Å². The number of fused-ring (bicyclic) bond motifs is 1. The minimum Gasteiger partial charge on any atom is -0.741 e. The Bertz CT molecular complexity index is 851. The summed E-state index contributed by atoms with van der Waals surface area (Å²) in [6, 6.07) is 6.97. The molecule has 0 spiro atoms. The van der Waals surface area contributed by atoms with Crippen molar-refractivity contribution in [1.82, 2.24) is 0 Å².